The summed E-state index contributed by atoms with van der Waals surface area (Å²) >= 11 is 3.14. The van der Waals surface area contributed by atoms with Crippen molar-refractivity contribution in [3.63, 3.8) is 0 Å². The lowest BCUT2D eigenvalue weighted by Crippen LogP contribution is -2.31. The number of amides is 1. The van der Waals surface area contributed by atoms with E-state index in [4.69, 9.17) is 9.47 Å². The van der Waals surface area contributed by atoms with Crippen LogP contribution in [0.15, 0.2) is 40.4 Å². The average molecular weight is 401 g/mol. The van der Waals surface area contributed by atoms with E-state index in [1.54, 1.807) is 25.6 Å². The van der Waals surface area contributed by atoms with Gasteiger partial charge in [0.15, 0.2) is 0 Å². The quantitative estimate of drug-likeness (QED) is 0.613. The van der Waals surface area contributed by atoms with Crippen molar-refractivity contribution < 1.29 is 14.3 Å². The van der Waals surface area contributed by atoms with Crippen molar-refractivity contribution in [1.29, 1.82) is 0 Å². The third-order valence-electron chi connectivity index (χ3n) is 4.80. The minimum absolute atomic E-state index is 0.0277. The lowest BCUT2D eigenvalue weighted by atomic mass is 10.0. The van der Waals surface area contributed by atoms with Crippen molar-refractivity contribution in [3.05, 3.63) is 51.7 Å². The number of thiazole rings is 1. The number of nitrogens with zero attached hydrogens (tertiary/aromatic N) is 2. The summed E-state index contributed by atoms with van der Waals surface area (Å²) in [5.74, 6) is 1.51. The van der Waals surface area contributed by atoms with Crippen LogP contribution in [0.3, 0.4) is 0 Å². The van der Waals surface area contributed by atoms with Crippen molar-refractivity contribution >= 4 is 28.6 Å². The molecule has 1 saturated heterocycles. The Balaban J connectivity index is 1.63. The van der Waals surface area contributed by atoms with Crippen LogP contribution in [0, 0.1) is 0 Å². The molecule has 0 saturated carbocycles. The first kappa shape index (κ1) is 18.0. The molecule has 1 amide bonds. The van der Waals surface area contributed by atoms with Crippen LogP contribution in [0.4, 0.5) is 0 Å². The number of rotatable bonds is 5. The topological polar surface area (TPSA) is 51.7 Å². The van der Waals surface area contributed by atoms with E-state index >= 15 is 0 Å². The standard InChI is InChI=1S/C20H20N2O3S2/c1-24-14-5-6-18(25-2)15(10-14)17-4-3-8-22(17)20(23)16-12-27-19(21-16)13-7-9-26-11-13/h5-7,9-12,17H,3-4,8H2,1-2H3/t17-/m1/s1. The number of carbonyl (C=O) groups excluding carboxylic acids is 1. The lowest BCUT2D eigenvalue weighted by Gasteiger charge is -2.26. The van der Waals surface area contributed by atoms with Crippen LogP contribution in [0.1, 0.15) is 34.9 Å². The first-order valence-corrected chi connectivity index (χ1v) is 10.5. The van der Waals surface area contributed by atoms with E-state index in [2.05, 4.69) is 4.98 Å². The maximum Gasteiger partial charge on any atom is 0.273 e. The zero-order chi connectivity index (χ0) is 18.8. The maximum absolute atomic E-state index is 13.2. The fourth-order valence-corrected chi connectivity index (χ4v) is 4.98. The SMILES string of the molecule is COc1ccc(OC)c([C@H]2CCCN2C(=O)c2csc(-c3ccsc3)n2)c1. The fraction of sp³-hybridized carbons (Fsp3) is 0.300. The molecule has 5 nitrogen and oxygen atoms in total. The molecular weight excluding hydrogens is 380 g/mol. The molecule has 1 aliphatic heterocycles. The van der Waals surface area contributed by atoms with Crippen LogP contribution in [0.25, 0.3) is 10.6 Å². The number of hydrogen-bond acceptors (Lipinski definition) is 6. The molecule has 0 unspecified atom stereocenters. The first-order chi connectivity index (χ1) is 13.2. The molecule has 3 heterocycles. The van der Waals surface area contributed by atoms with Gasteiger partial charge in [0.2, 0.25) is 0 Å². The fourth-order valence-electron chi connectivity index (χ4n) is 3.47. The molecule has 0 aliphatic carbocycles. The monoisotopic (exact) mass is 400 g/mol. The van der Waals surface area contributed by atoms with Gasteiger partial charge in [-0.15, -0.1) is 11.3 Å². The van der Waals surface area contributed by atoms with Crippen LogP contribution >= 0.6 is 22.7 Å². The van der Waals surface area contributed by atoms with Gasteiger partial charge in [-0.25, -0.2) is 4.98 Å². The predicted molar refractivity (Wildman–Crippen MR) is 108 cm³/mol. The largest absolute Gasteiger partial charge is 0.497 e. The number of aromatic nitrogens is 1. The first-order valence-electron chi connectivity index (χ1n) is 8.72. The molecule has 140 valence electrons. The number of benzene rings is 1. The van der Waals surface area contributed by atoms with Gasteiger partial charge in [-0.2, -0.15) is 11.3 Å². The van der Waals surface area contributed by atoms with Gasteiger partial charge in [-0.05, 0) is 42.5 Å². The molecule has 27 heavy (non-hydrogen) atoms. The molecular formula is C20H20N2O3S2. The number of methoxy groups -OCH3 is 2. The smallest absolute Gasteiger partial charge is 0.273 e. The molecule has 1 aromatic carbocycles. The van der Waals surface area contributed by atoms with Crippen LogP contribution in [-0.4, -0.2) is 36.6 Å². The molecule has 1 atom stereocenters. The molecule has 7 heteroatoms. The lowest BCUT2D eigenvalue weighted by molar-refractivity contribution is 0.0729. The maximum atomic E-state index is 13.2. The summed E-state index contributed by atoms with van der Waals surface area (Å²) < 4.78 is 10.9. The van der Waals surface area contributed by atoms with Gasteiger partial charge in [0.05, 0.1) is 20.3 Å². The molecule has 1 aliphatic rings. The highest BCUT2D eigenvalue weighted by atomic mass is 32.1. The van der Waals surface area contributed by atoms with Crippen molar-refractivity contribution in [1.82, 2.24) is 9.88 Å². The van der Waals surface area contributed by atoms with Gasteiger partial charge in [0.25, 0.3) is 5.91 Å². The third kappa shape index (κ3) is 3.44. The molecule has 1 fully saturated rings. The Hall–Kier alpha value is -2.38. The van der Waals surface area contributed by atoms with E-state index in [1.807, 2.05) is 45.3 Å². The molecule has 0 bridgehead atoms. The van der Waals surface area contributed by atoms with E-state index in [-0.39, 0.29) is 11.9 Å². The second-order valence-electron chi connectivity index (χ2n) is 6.31. The van der Waals surface area contributed by atoms with Crippen molar-refractivity contribution in [2.24, 2.45) is 0 Å². The highest BCUT2D eigenvalue weighted by Crippen LogP contribution is 2.40. The highest BCUT2D eigenvalue weighted by Gasteiger charge is 2.33. The van der Waals surface area contributed by atoms with E-state index in [9.17, 15) is 4.79 Å². The summed E-state index contributed by atoms with van der Waals surface area (Å²) in [6.45, 7) is 0.717. The summed E-state index contributed by atoms with van der Waals surface area (Å²) in [6.07, 6.45) is 1.86. The Morgan fingerprint density at radius 3 is 2.85 bits per heavy atom. The zero-order valence-electron chi connectivity index (χ0n) is 15.2. The molecule has 0 N–H and O–H groups in total. The van der Waals surface area contributed by atoms with Crippen LogP contribution in [0.2, 0.25) is 0 Å². The summed E-state index contributed by atoms with van der Waals surface area (Å²) in [5.41, 5.74) is 2.56. The van der Waals surface area contributed by atoms with Gasteiger partial charge in [-0.3, -0.25) is 4.79 Å². The number of thiophene rings is 1. The van der Waals surface area contributed by atoms with E-state index in [1.165, 1.54) is 11.3 Å². The van der Waals surface area contributed by atoms with Crippen LogP contribution in [0.5, 0.6) is 11.5 Å². The minimum atomic E-state index is -0.0335. The molecule has 0 radical (unpaired) electrons. The molecule has 4 rings (SSSR count). The minimum Gasteiger partial charge on any atom is -0.497 e. The Morgan fingerprint density at radius 2 is 2.11 bits per heavy atom. The highest BCUT2D eigenvalue weighted by molar-refractivity contribution is 7.14. The van der Waals surface area contributed by atoms with Crippen LogP contribution in [-0.2, 0) is 0 Å². The van der Waals surface area contributed by atoms with Gasteiger partial charge >= 0.3 is 0 Å². The summed E-state index contributed by atoms with van der Waals surface area (Å²) in [6, 6.07) is 7.72. The van der Waals surface area contributed by atoms with E-state index in [0.29, 0.717) is 5.69 Å². The third-order valence-corrected chi connectivity index (χ3v) is 6.38. The summed E-state index contributed by atoms with van der Waals surface area (Å²) in [5, 5.41) is 6.80. The van der Waals surface area contributed by atoms with Gasteiger partial charge in [-0.1, -0.05) is 0 Å². The molecule has 0 spiro atoms. The van der Waals surface area contributed by atoms with E-state index in [0.717, 1.165) is 47.0 Å². The van der Waals surface area contributed by atoms with Gasteiger partial charge in [0.1, 0.15) is 22.2 Å². The Morgan fingerprint density at radius 1 is 1.22 bits per heavy atom. The van der Waals surface area contributed by atoms with Gasteiger partial charge in [0, 0.05) is 28.4 Å². The van der Waals surface area contributed by atoms with Crippen molar-refractivity contribution in [2.75, 3.05) is 20.8 Å². The van der Waals surface area contributed by atoms with Crippen molar-refractivity contribution in [2.45, 2.75) is 18.9 Å². The average Bonchev–Trinajstić information content (AvgIpc) is 3.47. The predicted octanol–water partition coefficient (Wildman–Crippen LogP) is 4.87. The number of hydrogen-bond donors (Lipinski definition) is 0. The zero-order valence-corrected chi connectivity index (χ0v) is 16.8. The Kier molecular flexibility index (Phi) is 5.13. The Labute approximate surface area is 166 Å². The number of likely N-dealkylation sites (tertiary alicyclic amines) is 1. The van der Waals surface area contributed by atoms with Crippen molar-refractivity contribution in [3.8, 4) is 22.1 Å². The molecule has 2 aromatic heterocycles. The van der Waals surface area contributed by atoms with Crippen LogP contribution < -0.4 is 9.47 Å². The summed E-state index contributed by atoms with van der Waals surface area (Å²) in [7, 11) is 3.30. The summed E-state index contributed by atoms with van der Waals surface area (Å²) in [4.78, 5) is 19.7. The Bertz CT molecular complexity index is 937. The number of ether oxygens (including phenoxy) is 2. The second kappa shape index (κ2) is 7.70. The normalized spacial score (nSPS) is 16.5. The van der Waals surface area contributed by atoms with E-state index < -0.39 is 0 Å². The second-order valence-corrected chi connectivity index (χ2v) is 7.95. The molecule has 3 aromatic rings. The van der Waals surface area contributed by atoms with Gasteiger partial charge < -0.3 is 14.4 Å². The number of carbonyl (C=O) groups is 1.